The average Bonchev–Trinajstić information content (AvgIpc) is 3.21. The Morgan fingerprint density at radius 3 is 2.74 bits per heavy atom. The number of fused-ring (bicyclic) bond motifs is 2. The van der Waals surface area contributed by atoms with Crippen LogP contribution in [-0.4, -0.2) is 26.0 Å². The highest BCUT2D eigenvalue weighted by Crippen LogP contribution is 2.52. The Bertz CT molecular complexity index is 808. The lowest BCUT2D eigenvalue weighted by atomic mass is 9.79. The molecule has 3 rings (SSSR count). The van der Waals surface area contributed by atoms with E-state index in [1.807, 2.05) is 6.08 Å². The summed E-state index contributed by atoms with van der Waals surface area (Å²) in [4.78, 5) is 10.3. The first-order chi connectivity index (χ1) is 12.9. The number of hydrogen-bond donors (Lipinski definition) is 2. The van der Waals surface area contributed by atoms with Crippen LogP contribution in [0.1, 0.15) is 38.5 Å². The van der Waals surface area contributed by atoms with E-state index in [0.29, 0.717) is 37.1 Å². The zero-order chi connectivity index (χ0) is 19.4. The van der Waals surface area contributed by atoms with Crippen LogP contribution in [0, 0.1) is 29.5 Å². The third-order valence-corrected chi connectivity index (χ3v) is 7.37. The topological polar surface area (TPSA) is 83.5 Å². The summed E-state index contributed by atoms with van der Waals surface area (Å²) in [5.41, 5.74) is 0. The van der Waals surface area contributed by atoms with Gasteiger partial charge in [0.15, 0.2) is 0 Å². The van der Waals surface area contributed by atoms with Gasteiger partial charge in [0.05, 0.1) is 0 Å². The summed E-state index contributed by atoms with van der Waals surface area (Å²) in [6, 6.07) is 5.40. The highest BCUT2D eigenvalue weighted by Gasteiger charge is 2.46. The van der Waals surface area contributed by atoms with Crippen LogP contribution in [0.25, 0.3) is 0 Å². The number of halogens is 1. The third-order valence-electron chi connectivity index (χ3n) is 5.91. The Morgan fingerprint density at radius 2 is 2.00 bits per heavy atom. The van der Waals surface area contributed by atoms with Crippen molar-refractivity contribution in [1.29, 1.82) is 0 Å². The van der Waals surface area contributed by atoms with Crippen molar-refractivity contribution in [3.63, 3.8) is 0 Å². The number of carbonyl (C=O) groups is 1. The predicted octanol–water partition coefficient (Wildman–Crippen LogP) is 3.58. The number of carboxylic acids is 1. The number of aliphatic carboxylic acids is 1. The van der Waals surface area contributed by atoms with Gasteiger partial charge >= 0.3 is 5.97 Å². The molecular weight excluding hydrogens is 369 g/mol. The number of sulfonamides is 1. The number of allylic oxidation sites excluding steroid dienone is 2. The maximum absolute atomic E-state index is 13.8. The number of rotatable bonds is 9. The maximum atomic E-state index is 13.8. The van der Waals surface area contributed by atoms with Gasteiger partial charge in [0.1, 0.15) is 10.7 Å². The number of unbranched alkanes of at least 4 members (excludes halogenated alkanes) is 1. The van der Waals surface area contributed by atoms with Gasteiger partial charge in [-0.2, -0.15) is 0 Å². The van der Waals surface area contributed by atoms with E-state index in [1.54, 1.807) is 0 Å². The molecule has 2 aliphatic rings. The number of hydrogen-bond acceptors (Lipinski definition) is 3. The second kappa shape index (κ2) is 8.52. The lowest BCUT2D eigenvalue weighted by molar-refractivity contribution is -0.137. The van der Waals surface area contributed by atoms with E-state index in [2.05, 4.69) is 10.8 Å². The molecule has 1 aromatic carbocycles. The summed E-state index contributed by atoms with van der Waals surface area (Å²) in [6.45, 7) is 0.308. The molecule has 2 bridgehead atoms. The van der Waals surface area contributed by atoms with Gasteiger partial charge in [-0.3, -0.25) is 4.79 Å². The number of benzene rings is 1. The van der Waals surface area contributed by atoms with Crippen molar-refractivity contribution in [2.75, 3.05) is 6.54 Å². The van der Waals surface area contributed by atoms with Gasteiger partial charge in [-0.1, -0.05) is 24.3 Å². The van der Waals surface area contributed by atoms with Crippen molar-refractivity contribution in [2.24, 2.45) is 23.7 Å². The Kier molecular flexibility index (Phi) is 6.32. The minimum absolute atomic E-state index is 0.160. The van der Waals surface area contributed by atoms with E-state index < -0.39 is 21.8 Å². The molecule has 2 saturated carbocycles. The molecule has 148 valence electrons. The van der Waals surface area contributed by atoms with E-state index in [9.17, 15) is 17.6 Å². The molecule has 7 heteroatoms. The second-order valence-electron chi connectivity index (χ2n) is 7.57. The smallest absolute Gasteiger partial charge is 0.303 e. The van der Waals surface area contributed by atoms with Crippen LogP contribution in [0.5, 0.6) is 0 Å². The van der Waals surface area contributed by atoms with Crippen molar-refractivity contribution in [1.82, 2.24) is 4.72 Å². The lowest BCUT2D eigenvalue weighted by Crippen LogP contribution is -2.35. The largest absolute Gasteiger partial charge is 0.481 e. The minimum atomic E-state index is -3.87. The fourth-order valence-electron chi connectivity index (χ4n) is 4.63. The predicted molar refractivity (Wildman–Crippen MR) is 100 cm³/mol. The fraction of sp³-hybridized carbons (Fsp3) is 0.550. The van der Waals surface area contributed by atoms with Crippen LogP contribution >= 0.6 is 0 Å². The summed E-state index contributed by atoms with van der Waals surface area (Å²) in [5.74, 6) is 0.0372. The molecule has 0 spiro atoms. The van der Waals surface area contributed by atoms with Gasteiger partial charge in [-0.05, 0) is 67.9 Å². The fourth-order valence-corrected chi connectivity index (χ4v) is 5.78. The molecule has 27 heavy (non-hydrogen) atoms. The van der Waals surface area contributed by atoms with Gasteiger partial charge in [0.2, 0.25) is 10.0 Å². The summed E-state index contributed by atoms with van der Waals surface area (Å²) < 4.78 is 41.4. The van der Waals surface area contributed by atoms with E-state index >= 15 is 0 Å². The summed E-state index contributed by atoms with van der Waals surface area (Å²) in [6.07, 6.45) is 9.04. The first kappa shape index (κ1) is 20.0. The average molecular weight is 395 g/mol. The SMILES string of the molecule is O=C(O)CCC/C=C/[C@@H]1[C@@H]2CC[C@@H](C2)[C@H]1CNS(=O)(=O)c1ccccc1F. The Hall–Kier alpha value is -1.73. The van der Waals surface area contributed by atoms with Gasteiger partial charge < -0.3 is 5.11 Å². The monoisotopic (exact) mass is 395 g/mol. The zero-order valence-electron chi connectivity index (χ0n) is 15.2. The molecule has 0 saturated heterocycles. The second-order valence-corrected chi connectivity index (χ2v) is 9.31. The first-order valence-corrected chi connectivity index (χ1v) is 11.0. The van der Waals surface area contributed by atoms with Crippen LogP contribution in [0.15, 0.2) is 41.3 Å². The van der Waals surface area contributed by atoms with Crippen LogP contribution in [0.4, 0.5) is 4.39 Å². The molecule has 2 fully saturated rings. The van der Waals surface area contributed by atoms with Crippen molar-refractivity contribution in [2.45, 2.75) is 43.4 Å². The lowest BCUT2D eigenvalue weighted by Gasteiger charge is -2.29. The van der Waals surface area contributed by atoms with E-state index in [0.717, 1.165) is 25.3 Å². The van der Waals surface area contributed by atoms with E-state index in [-0.39, 0.29) is 17.2 Å². The third kappa shape index (κ3) is 4.76. The summed E-state index contributed by atoms with van der Waals surface area (Å²) >= 11 is 0. The van der Waals surface area contributed by atoms with E-state index in [1.165, 1.54) is 18.2 Å². The highest BCUT2D eigenvalue weighted by molar-refractivity contribution is 7.89. The molecular formula is C20H26FNO4S. The molecule has 0 amide bonds. The molecule has 0 aromatic heterocycles. The number of nitrogens with one attached hydrogen (secondary N) is 1. The van der Waals surface area contributed by atoms with Gasteiger partial charge in [0, 0.05) is 13.0 Å². The molecule has 0 heterocycles. The first-order valence-electron chi connectivity index (χ1n) is 9.51. The summed E-state index contributed by atoms with van der Waals surface area (Å²) in [5, 5.41) is 8.70. The van der Waals surface area contributed by atoms with Gasteiger partial charge in [0.25, 0.3) is 0 Å². The van der Waals surface area contributed by atoms with Gasteiger partial charge in [-0.25, -0.2) is 17.5 Å². The molecule has 1 aromatic rings. The van der Waals surface area contributed by atoms with Crippen LogP contribution in [-0.2, 0) is 14.8 Å². The van der Waals surface area contributed by atoms with Crippen LogP contribution < -0.4 is 4.72 Å². The van der Waals surface area contributed by atoms with Crippen molar-refractivity contribution >= 4 is 16.0 Å². The van der Waals surface area contributed by atoms with Crippen molar-refractivity contribution in [3.8, 4) is 0 Å². The number of carboxylic acid groups (broad SMARTS) is 1. The molecule has 2 N–H and O–H groups in total. The van der Waals surface area contributed by atoms with Crippen molar-refractivity contribution < 1.29 is 22.7 Å². The molecule has 0 radical (unpaired) electrons. The zero-order valence-corrected chi connectivity index (χ0v) is 16.0. The van der Waals surface area contributed by atoms with Gasteiger partial charge in [-0.15, -0.1) is 0 Å². The Morgan fingerprint density at radius 1 is 1.26 bits per heavy atom. The Balaban J connectivity index is 1.61. The molecule has 2 aliphatic carbocycles. The van der Waals surface area contributed by atoms with Crippen molar-refractivity contribution in [3.05, 3.63) is 42.2 Å². The summed E-state index contributed by atoms with van der Waals surface area (Å²) in [7, 11) is -3.87. The molecule has 0 unspecified atom stereocenters. The Labute approximate surface area is 159 Å². The molecule has 5 nitrogen and oxygen atoms in total. The minimum Gasteiger partial charge on any atom is -0.481 e. The van der Waals surface area contributed by atoms with E-state index in [4.69, 9.17) is 5.11 Å². The normalized spacial score (nSPS) is 27.4. The highest BCUT2D eigenvalue weighted by atomic mass is 32.2. The molecule has 0 aliphatic heterocycles. The molecule has 4 atom stereocenters. The maximum Gasteiger partial charge on any atom is 0.303 e. The standard InChI is InChI=1S/C20H26FNO4S/c21-18-7-4-5-8-19(18)27(25,26)22-13-17-15-11-10-14(12-15)16(17)6-2-1-3-9-20(23)24/h2,4-8,14-17,22H,1,3,9-13H2,(H,23,24)/b6-2+/t14-,15+,16-,17-/m1/s1. The van der Waals surface area contributed by atoms with Crippen LogP contribution in [0.2, 0.25) is 0 Å². The van der Waals surface area contributed by atoms with Crippen LogP contribution in [0.3, 0.4) is 0 Å². The quantitative estimate of drug-likeness (QED) is 0.494.